The van der Waals surface area contributed by atoms with Crippen molar-refractivity contribution in [2.24, 2.45) is 15.9 Å². The van der Waals surface area contributed by atoms with Gasteiger partial charge in [0.15, 0.2) is 0 Å². The van der Waals surface area contributed by atoms with Crippen LogP contribution in [0.4, 0.5) is 0 Å². The molecule has 2 aliphatic heterocycles. The quantitative estimate of drug-likeness (QED) is 0.554. The Balaban J connectivity index is 0.000000720. The Morgan fingerprint density at radius 1 is 1.42 bits per heavy atom. The molecule has 2 aliphatic rings. The fourth-order valence-electron chi connectivity index (χ4n) is 1.10. The zero-order chi connectivity index (χ0) is 7.68. The van der Waals surface area contributed by atoms with Crippen LogP contribution in [0, 0.1) is 5.92 Å². The van der Waals surface area contributed by atoms with Crippen molar-refractivity contribution in [3.63, 3.8) is 0 Å². The molecular weight excluding hydrogens is 176 g/mol. The Labute approximate surface area is 76.0 Å². The first-order chi connectivity index (χ1) is 5.38. The first kappa shape index (κ1) is 8.87. The third-order valence-corrected chi connectivity index (χ3v) is 1.68. The number of fused-ring (bicyclic) bond motifs is 1. The molecule has 12 heavy (non-hydrogen) atoms. The number of dihydropyridines is 1. The standard InChI is InChI=1S/C8H6N2O.ClH/c11-8-7-5-9-3-1-6(7)2-4-10-8;/h1-5,7H;1H. The second kappa shape index (κ2) is 3.45. The molecule has 0 radical (unpaired) electrons. The first-order valence-corrected chi connectivity index (χ1v) is 3.36. The van der Waals surface area contributed by atoms with Crippen molar-refractivity contribution in [1.29, 1.82) is 0 Å². The Morgan fingerprint density at radius 2 is 2.25 bits per heavy atom. The number of rotatable bonds is 0. The third kappa shape index (κ3) is 1.36. The van der Waals surface area contributed by atoms with Gasteiger partial charge < -0.3 is 0 Å². The molecule has 1 atom stereocenters. The number of nitrogens with zero attached hydrogens (tertiary/aromatic N) is 2. The highest BCUT2D eigenvalue weighted by molar-refractivity contribution is 6.05. The highest BCUT2D eigenvalue weighted by atomic mass is 35.5. The van der Waals surface area contributed by atoms with Crippen LogP contribution < -0.4 is 0 Å². The lowest BCUT2D eigenvalue weighted by atomic mass is 9.96. The van der Waals surface area contributed by atoms with Crippen molar-refractivity contribution < 1.29 is 4.79 Å². The lowest BCUT2D eigenvalue weighted by Crippen LogP contribution is -2.20. The molecule has 2 rings (SSSR count). The lowest BCUT2D eigenvalue weighted by molar-refractivity contribution is -0.118. The summed E-state index contributed by atoms with van der Waals surface area (Å²) in [5.41, 5.74) is 0.972. The Morgan fingerprint density at radius 3 is 3.00 bits per heavy atom. The molecule has 3 nitrogen and oxygen atoms in total. The molecular formula is C8H7ClN2O. The van der Waals surface area contributed by atoms with E-state index < -0.39 is 0 Å². The Bertz CT molecular complexity index is 315. The molecule has 0 fully saturated rings. The van der Waals surface area contributed by atoms with Crippen LogP contribution in [0.25, 0.3) is 0 Å². The van der Waals surface area contributed by atoms with E-state index in [0.29, 0.717) is 0 Å². The number of carbonyl (C=O) groups excluding carboxylic acids is 1. The van der Waals surface area contributed by atoms with Gasteiger partial charge in [0.1, 0.15) is 5.92 Å². The van der Waals surface area contributed by atoms with Gasteiger partial charge in [-0.25, -0.2) is 4.99 Å². The zero-order valence-corrected chi connectivity index (χ0v) is 6.99. The largest absolute Gasteiger partial charge is 0.271 e. The minimum absolute atomic E-state index is 0. The van der Waals surface area contributed by atoms with Gasteiger partial charge in [-0.1, -0.05) is 0 Å². The maximum atomic E-state index is 11.1. The van der Waals surface area contributed by atoms with Gasteiger partial charge in [-0.05, 0) is 17.7 Å². The van der Waals surface area contributed by atoms with Crippen LogP contribution in [0.15, 0.2) is 33.9 Å². The molecule has 0 N–H and O–H groups in total. The molecule has 0 saturated carbocycles. The number of aliphatic imine (C=N–C) groups is 2. The molecule has 1 unspecified atom stereocenters. The SMILES string of the molecule is Cl.O=C1N=CC=C2C=CN=CC12. The van der Waals surface area contributed by atoms with Crippen LogP contribution in [0.3, 0.4) is 0 Å². The predicted molar refractivity (Wildman–Crippen MR) is 50.0 cm³/mol. The van der Waals surface area contributed by atoms with E-state index in [0.717, 1.165) is 5.57 Å². The van der Waals surface area contributed by atoms with E-state index in [9.17, 15) is 4.79 Å². The predicted octanol–water partition coefficient (Wildman–Crippen LogP) is 1.16. The van der Waals surface area contributed by atoms with Crippen molar-refractivity contribution in [3.05, 3.63) is 23.9 Å². The lowest BCUT2D eigenvalue weighted by Gasteiger charge is -2.13. The van der Waals surface area contributed by atoms with Gasteiger partial charge in [0.2, 0.25) is 0 Å². The normalized spacial score (nSPS) is 24.5. The van der Waals surface area contributed by atoms with Crippen LogP contribution in [-0.2, 0) is 4.79 Å². The van der Waals surface area contributed by atoms with Crippen molar-refractivity contribution in [3.8, 4) is 0 Å². The van der Waals surface area contributed by atoms with Gasteiger partial charge in [-0.15, -0.1) is 12.4 Å². The summed E-state index contributed by atoms with van der Waals surface area (Å²) in [5.74, 6) is -0.361. The van der Waals surface area contributed by atoms with Crippen LogP contribution in [0.2, 0.25) is 0 Å². The second-order valence-electron chi connectivity index (χ2n) is 2.37. The number of hydrogen-bond acceptors (Lipinski definition) is 2. The summed E-state index contributed by atoms with van der Waals surface area (Å²) in [4.78, 5) is 18.6. The fourth-order valence-corrected chi connectivity index (χ4v) is 1.10. The smallest absolute Gasteiger partial charge is 0.258 e. The minimum Gasteiger partial charge on any atom is -0.271 e. The van der Waals surface area contributed by atoms with E-state index in [1.54, 1.807) is 12.4 Å². The van der Waals surface area contributed by atoms with E-state index in [1.807, 2.05) is 12.2 Å². The van der Waals surface area contributed by atoms with E-state index >= 15 is 0 Å². The minimum atomic E-state index is -0.231. The van der Waals surface area contributed by atoms with Gasteiger partial charge in [0.25, 0.3) is 5.91 Å². The molecule has 1 amide bonds. The molecule has 2 heterocycles. The summed E-state index contributed by atoms with van der Waals surface area (Å²) < 4.78 is 0. The van der Waals surface area contributed by atoms with Crippen molar-refractivity contribution in [2.75, 3.05) is 0 Å². The summed E-state index contributed by atoms with van der Waals surface area (Å²) in [6.07, 6.45) is 8.47. The number of halogens is 1. The van der Waals surface area contributed by atoms with E-state index in [2.05, 4.69) is 9.98 Å². The number of amides is 1. The van der Waals surface area contributed by atoms with Crippen molar-refractivity contribution in [2.45, 2.75) is 0 Å². The van der Waals surface area contributed by atoms with Crippen LogP contribution >= 0.6 is 12.4 Å². The summed E-state index contributed by atoms with van der Waals surface area (Å²) in [6.45, 7) is 0. The highest BCUT2D eigenvalue weighted by Crippen LogP contribution is 2.18. The van der Waals surface area contributed by atoms with Crippen molar-refractivity contribution >= 4 is 30.7 Å². The van der Waals surface area contributed by atoms with Gasteiger partial charge >= 0.3 is 0 Å². The van der Waals surface area contributed by atoms with Gasteiger partial charge in [-0.2, -0.15) is 0 Å². The average Bonchev–Trinajstić information content (AvgIpc) is 2.06. The second-order valence-corrected chi connectivity index (χ2v) is 2.37. The molecule has 0 aromatic rings. The van der Waals surface area contributed by atoms with Crippen LogP contribution in [0.5, 0.6) is 0 Å². The molecule has 4 heteroatoms. The van der Waals surface area contributed by atoms with Gasteiger partial charge in [0, 0.05) is 18.6 Å². The summed E-state index contributed by atoms with van der Waals surface area (Å²) >= 11 is 0. The third-order valence-electron chi connectivity index (χ3n) is 1.68. The van der Waals surface area contributed by atoms with E-state index in [-0.39, 0.29) is 24.2 Å². The Hall–Kier alpha value is -1.22. The van der Waals surface area contributed by atoms with Crippen molar-refractivity contribution in [1.82, 2.24) is 0 Å². The molecule has 62 valence electrons. The topological polar surface area (TPSA) is 41.8 Å². The van der Waals surface area contributed by atoms with Crippen LogP contribution in [-0.4, -0.2) is 18.3 Å². The van der Waals surface area contributed by atoms with Crippen LogP contribution in [0.1, 0.15) is 0 Å². The summed E-state index contributed by atoms with van der Waals surface area (Å²) in [6, 6.07) is 0. The monoisotopic (exact) mass is 182 g/mol. The first-order valence-electron chi connectivity index (χ1n) is 3.36. The molecule has 0 bridgehead atoms. The van der Waals surface area contributed by atoms with Gasteiger partial charge in [-0.3, -0.25) is 9.79 Å². The molecule has 0 aromatic heterocycles. The number of allylic oxidation sites excluding steroid dienone is 2. The molecule has 0 aliphatic carbocycles. The highest BCUT2D eigenvalue weighted by Gasteiger charge is 2.21. The zero-order valence-electron chi connectivity index (χ0n) is 6.18. The van der Waals surface area contributed by atoms with E-state index in [4.69, 9.17) is 0 Å². The molecule has 0 saturated heterocycles. The van der Waals surface area contributed by atoms with Gasteiger partial charge in [0.05, 0.1) is 0 Å². The average molecular weight is 183 g/mol. The van der Waals surface area contributed by atoms with E-state index in [1.165, 1.54) is 6.21 Å². The number of carbonyl (C=O) groups is 1. The maximum absolute atomic E-state index is 11.1. The summed E-state index contributed by atoms with van der Waals surface area (Å²) in [7, 11) is 0. The Kier molecular flexibility index (Phi) is 2.55. The number of hydrogen-bond donors (Lipinski definition) is 0. The molecule has 0 aromatic carbocycles. The fraction of sp³-hybridized carbons (Fsp3) is 0.125. The summed E-state index contributed by atoms with van der Waals surface area (Å²) in [5, 5.41) is 0. The maximum Gasteiger partial charge on any atom is 0.258 e. The molecule has 0 spiro atoms.